The molecule has 3 rings (SSSR count). The van der Waals surface area contributed by atoms with Crippen molar-refractivity contribution in [3.8, 4) is 0 Å². The molecule has 4 nitrogen and oxygen atoms in total. The van der Waals surface area contributed by atoms with Crippen LogP contribution < -0.4 is 5.73 Å². The number of hydrogen-bond donors (Lipinski definition) is 2. The fourth-order valence-corrected chi connectivity index (χ4v) is 3.31. The average molecular weight is 303 g/mol. The van der Waals surface area contributed by atoms with Crippen LogP contribution in [0.4, 0.5) is 4.39 Å². The summed E-state index contributed by atoms with van der Waals surface area (Å²) in [5.74, 6) is -0.236. The predicted octanol–water partition coefficient (Wildman–Crippen LogP) is 2.96. The lowest BCUT2D eigenvalue weighted by molar-refractivity contribution is 0.318. The van der Waals surface area contributed by atoms with Crippen LogP contribution in [-0.2, 0) is 12.8 Å². The molecule has 0 saturated heterocycles. The van der Waals surface area contributed by atoms with Gasteiger partial charge in [-0.25, -0.2) is 9.37 Å². The third-order valence-corrected chi connectivity index (χ3v) is 4.44. The molecule has 21 heavy (non-hydrogen) atoms. The molecular weight excluding hydrogens is 289 g/mol. The summed E-state index contributed by atoms with van der Waals surface area (Å²) in [5.41, 5.74) is 8.59. The van der Waals surface area contributed by atoms with Crippen molar-refractivity contribution in [1.29, 1.82) is 0 Å². The van der Waals surface area contributed by atoms with E-state index in [4.69, 9.17) is 10.9 Å². The molecular formula is C15H14FN3OS. The van der Waals surface area contributed by atoms with Gasteiger partial charge in [0.25, 0.3) is 0 Å². The van der Waals surface area contributed by atoms with Gasteiger partial charge in [0.2, 0.25) is 0 Å². The van der Waals surface area contributed by atoms with E-state index in [0.29, 0.717) is 10.6 Å². The lowest BCUT2D eigenvalue weighted by Crippen LogP contribution is -2.16. The normalized spacial score (nSPS) is 14.2. The van der Waals surface area contributed by atoms with E-state index in [9.17, 15) is 4.39 Å². The third-order valence-electron chi connectivity index (χ3n) is 3.43. The van der Waals surface area contributed by atoms with Crippen molar-refractivity contribution in [2.75, 3.05) is 0 Å². The summed E-state index contributed by atoms with van der Waals surface area (Å²) < 4.78 is 13.0. The smallest absolute Gasteiger partial charge is 0.172 e. The molecule has 0 radical (unpaired) electrons. The molecule has 6 heteroatoms. The predicted molar refractivity (Wildman–Crippen MR) is 79.3 cm³/mol. The maximum absolute atomic E-state index is 13.0. The second-order valence-electron chi connectivity index (χ2n) is 4.84. The van der Waals surface area contributed by atoms with Gasteiger partial charge in [-0.3, -0.25) is 0 Å². The van der Waals surface area contributed by atoms with Crippen LogP contribution in [0.3, 0.4) is 0 Å². The Morgan fingerprint density at radius 1 is 1.29 bits per heavy atom. The number of aromatic nitrogens is 1. The fourth-order valence-electron chi connectivity index (χ4n) is 2.38. The Bertz CT molecular complexity index is 701. The number of hydrogen-bond acceptors (Lipinski definition) is 4. The van der Waals surface area contributed by atoms with E-state index in [2.05, 4.69) is 10.1 Å². The van der Waals surface area contributed by atoms with Crippen molar-refractivity contribution in [3.63, 3.8) is 0 Å². The molecule has 0 fully saturated rings. The number of rotatable bonds is 3. The Labute approximate surface area is 125 Å². The first-order valence-electron chi connectivity index (χ1n) is 6.61. The molecule has 0 spiro atoms. The van der Waals surface area contributed by atoms with Gasteiger partial charge in [0, 0.05) is 10.6 Å². The van der Waals surface area contributed by atoms with E-state index in [1.165, 1.54) is 23.9 Å². The first-order chi connectivity index (χ1) is 10.2. The second kappa shape index (κ2) is 5.73. The SMILES string of the molecule is NC(=NO)c1cc2c(nc1Sc1ccc(F)cc1)CCC2. The molecule has 0 saturated carbocycles. The highest BCUT2D eigenvalue weighted by Crippen LogP contribution is 2.32. The van der Waals surface area contributed by atoms with Gasteiger partial charge in [0.1, 0.15) is 10.8 Å². The Kier molecular flexibility index (Phi) is 3.79. The molecule has 1 aromatic heterocycles. The summed E-state index contributed by atoms with van der Waals surface area (Å²) in [6.07, 6.45) is 2.99. The molecule has 2 aromatic rings. The van der Waals surface area contributed by atoms with Crippen LogP contribution >= 0.6 is 11.8 Å². The molecule has 0 bridgehead atoms. The monoisotopic (exact) mass is 303 g/mol. The second-order valence-corrected chi connectivity index (χ2v) is 5.90. The molecule has 0 atom stereocenters. The third kappa shape index (κ3) is 2.85. The molecule has 1 heterocycles. The van der Waals surface area contributed by atoms with E-state index in [1.54, 1.807) is 12.1 Å². The summed E-state index contributed by atoms with van der Waals surface area (Å²) in [6, 6.07) is 8.11. The molecule has 3 N–H and O–H groups in total. The zero-order chi connectivity index (χ0) is 14.8. The Balaban J connectivity index is 2.01. The van der Waals surface area contributed by atoms with Crippen molar-refractivity contribution in [3.05, 3.63) is 53.0 Å². The van der Waals surface area contributed by atoms with Crippen LogP contribution in [0.1, 0.15) is 23.2 Å². The Morgan fingerprint density at radius 2 is 2.05 bits per heavy atom. The molecule has 1 aliphatic rings. The van der Waals surface area contributed by atoms with Gasteiger partial charge in [-0.15, -0.1) is 0 Å². The Hall–Kier alpha value is -2.08. The molecule has 1 aliphatic carbocycles. The molecule has 0 unspecified atom stereocenters. The number of nitrogens with two attached hydrogens (primary N) is 1. The zero-order valence-electron chi connectivity index (χ0n) is 11.2. The first kappa shape index (κ1) is 13.9. The van der Waals surface area contributed by atoms with E-state index in [-0.39, 0.29) is 11.7 Å². The van der Waals surface area contributed by atoms with Gasteiger partial charge in [0.05, 0.1) is 5.56 Å². The minimum atomic E-state index is -0.280. The van der Waals surface area contributed by atoms with Crippen LogP contribution in [0.2, 0.25) is 0 Å². The highest BCUT2D eigenvalue weighted by atomic mass is 32.2. The summed E-state index contributed by atoms with van der Waals surface area (Å²) in [4.78, 5) is 5.49. The van der Waals surface area contributed by atoms with E-state index < -0.39 is 0 Å². The molecule has 1 aromatic carbocycles. The highest BCUT2D eigenvalue weighted by Gasteiger charge is 2.19. The van der Waals surface area contributed by atoms with Gasteiger partial charge >= 0.3 is 0 Å². The van der Waals surface area contributed by atoms with Crippen molar-refractivity contribution in [2.24, 2.45) is 10.9 Å². The van der Waals surface area contributed by atoms with Gasteiger partial charge < -0.3 is 10.9 Å². The van der Waals surface area contributed by atoms with Gasteiger partial charge in [0.15, 0.2) is 5.84 Å². The maximum atomic E-state index is 13.0. The average Bonchev–Trinajstić information content (AvgIpc) is 2.95. The van der Waals surface area contributed by atoms with Crippen LogP contribution in [0.25, 0.3) is 0 Å². The number of aryl methyl sites for hydroxylation is 2. The lowest BCUT2D eigenvalue weighted by atomic mass is 10.1. The molecule has 0 aliphatic heterocycles. The number of pyridine rings is 1. The zero-order valence-corrected chi connectivity index (χ0v) is 12.0. The minimum absolute atomic E-state index is 0.0433. The van der Waals surface area contributed by atoms with Crippen LogP contribution in [0, 0.1) is 5.82 Å². The van der Waals surface area contributed by atoms with Gasteiger partial charge in [-0.05, 0) is 55.2 Å². The number of nitrogens with zero attached hydrogens (tertiary/aromatic N) is 2. The lowest BCUT2D eigenvalue weighted by Gasteiger charge is -2.10. The Morgan fingerprint density at radius 3 is 2.76 bits per heavy atom. The van der Waals surface area contributed by atoms with Crippen LogP contribution in [-0.4, -0.2) is 16.0 Å². The quantitative estimate of drug-likeness (QED) is 0.396. The summed E-state index contributed by atoms with van der Waals surface area (Å²) in [7, 11) is 0. The van der Waals surface area contributed by atoms with E-state index >= 15 is 0 Å². The van der Waals surface area contributed by atoms with Crippen molar-refractivity contribution < 1.29 is 9.60 Å². The van der Waals surface area contributed by atoms with Crippen LogP contribution in [0.5, 0.6) is 0 Å². The highest BCUT2D eigenvalue weighted by molar-refractivity contribution is 7.99. The fraction of sp³-hybridized carbons (Fsp3) is 0.200. The summed E-state index contributed by atoms with van der Waals surface area (Å²) >= 11 is 1.38. The largest absolute Gasteiger partial charge is 0.409 e. The van der Waals surface area contributed by atoms with Gasteiger partial charge in [-0.2, -0.15) is 0 Å². The maximum Gasteiger partial charge on any atom is 0.172 e. The number of benzene rings is 1. The summed E-state index contributed by atoms with van der Waals surface area (Å²) in [5, 5.41) is 12.7. The van der Waals surface area contributed by atoms with Crippen LogP contribution in [0.15, 0.2) is 45.4 Å². The standard InChI is InChI=1S/C15H14FN3OS/c16-10-4-6-11(7-5-10)21-15-12(14(17)19-20)8-9-2-1-3-13(9)18-15/h4-8,20H,1-3H2,(H2,17,19). The number of amidine groups is 1. The first-order valence-corrected chi connectivity index (χ1v) is 7.43. The summed E-state index contributed by atoms with van der Waals surface area (Å²) in [6.45, 7) is 0. The van der Waals surface area contributed by atoms with Crippen molar-refractivity contribution in [2.45, 2.75) is 29.2 Å². The van der Waals surface area contributed by atoms with Crippen molar-refractivity contribution >= 4 is 17.6 Å². The number of halogens is 1. The van der Waals surface area contributed by atoms with Crippen molar-refractivity contribution in [1.82, 2.24) is 4.98 Å². The topological polar surface area (TPSA) is 71.5 Å². The van der Waals surface area contributed by atoms with E-state index in [1.807, 2.05) is 6.07 Å². The molecule has 0 amide bonds. The van der Waals surface area contributed by atoms with E-state index in [0.717, 1.165) is 35.4 Å². The molecule has 108 valence electrons. The minimum Gasteiger partial charge on any atom is -0.409 e. The number of oxime groups is 1. The van der Waals surface area contributed by atoms with Gasteiger partial charge in [-0.1, -0.05) is 16.9 Å². The number of fused-ring (bicyclic) bond motifs is 1.